The van der Waals surface area contributed by atoms with Crippen LogP contribution in [0.2, 0.25) is 0 Å². The molecule has 1 amide bonds. The molecule has 10 heteroatoms. The predicted molar refractivity (Wildman–Crippen MR) is 207 cm³/mol. The maximum absolute atomic E-state index is 14.7. The van der Waals surface area contributed by atoms with Crippen molar-refractivity contribution in [2.75, 3.05) is 33.5 Å². The molecule has 0 radical (unpaired) electrons. The highest BCUT2D eigenvalue weighted by Gasteiger charge is 2.65. The standard InChI is InChI=1S/C44H54N2O8/c1-3-23-52-44-39(46(2)43(50)32-18-17-29-12-4-5-13-30(29)25-32)28-37(45-54-40-16-8-11-24-51-40)35-26-31(14-6-9-21-47)34(15-7-10-22-48)41(42(35)44)36-27-33(49)19-20-38(36)53-44/h3-5,12-13,17-20,25-27,31,34,39-42,47-49H,1,6-11,14-16,21-24,28H2,2H3/t31-,34+,39-,40?,41+,42+,44+/m0/s1. The molecule has 3 N–H and O–H groups in total. The van der Waals surface area contributed by atoms with Crippen LogP contribution in [-0.4, -0.2) is 83.4 Å². The lowest BCUT2D eigenvalue weighted by molar-refractivity contribution is -0.252. The number of carbonyl (C=O) groups excluding carboxylic acids is 1. The minimum atomic E-state index is -1.36. The van der Waals surface area contributed by atoms with E-state index in [1.165, 1.54) is 0 Å². The van der Waals surface area contributed by atoms with Crippen molar-refractivity contribution in [3.8, 4) is 11.5 Å². The number of amides is 1. The van der Waals surface area contributed by atoms with Crippen LogP contribution >= 0.6 is 0 Å². The Morgan fingerprint density at radius 1 is 1.02 bits per heavy atom. The lowest BCUT2D eigenvalue weighted by Gasteiger charge is -2.59. The summed E-state index contributed by atoms with van der Waals surface area (Å²) in [5.74, 6) is -1.27. The van der Waals surface area contributed by atoms with Gasteiger partial charge >= 0.3 is 0 Å². The van der Waals surface area contributed by atoms with E-state index in [9.17, 15) is 20.1 Å². The molecular weight excluding hydrogens is 684 g/mol. The van der Waals surface area contributed by atoms with Gasteiger partial charge in [-0.15, -0.1) is 6.58 Å². The van der Waals surface area contributed by atoms with E-state index in [1.807, 2.05) is 49.5 Å². The Balaban J connectivity index is 1.40. The zero-order chi connectivity index (χ0) is 37.7. The van der Waals surface area contributed by atoms with Crippen molar-refractivity contribution in [3.63, 3.8) is 0 Å². The van der Waals surface area contributed by atoms with Crippen LogP contribution in [0.25, 0.3) is 10.8 Å². The number of hydrogen-bond acceptors (Lipinski definition) is 9. The molecule has 1 saturated carbocycles. The third-order valence-electron chi connectivity index (χ3n) is 11.9. The average molecular weight is 739 g/mol. The van der Waals surface area contributed by atoms with Crippen molar-refractivity contribution < 1.29 is 39.2 Å². The Bertz CT molecular complexity index is 1850. The molecule has 54 heavy (non-hydrogen) atoms. The summed E-state index contributed by atoms with van der Waals surface area (Å²) < 4.78 is 20.0. The summed E-state index contributed by atoms with van der Waals surface area (Å²) in [4.78, 5) is 22.6. The highest BCUT2D eigenvalue weighted by atomic mass is 16.8. The number of phenols is 1. The number of hydrogen-bond donors (Lipinski definition) is 3. The third-order valence-corrected chi connectivity index (χ3v) is 11.9. The van der Waals surface area contributed by atoms with Gasteiger partial charge in [0.15, 0.2) is 0 Å². The first-order valence-electron chi connectivity index (χ1n) is 19.7. The van der Waals surface area contributed by atoms with Crippen molar-refractivity contribution in [2.45, 2.75) is 88.2 Å². The zero-order valence-electron chi connectivity index (χ0n) is 31.3. The Morgan fingerprint density at radius 2 is 1.81 bits per heavy atom. The molecule has 4 aliphatic rings. The Kier molecular flexibility index (Phi) is 12.0. The van der Waals surface area contributed by atoms with Crippen molar-refractivity contribution >= 4 is 22.4 Å². The summed E-state index contributed by atoms with van der Waals surface area (Å²) in [6, 6.07) is 18.3. The number of aliphatic hydroxyl groups is 2. The number of benzene rings is 3. The number of oxime groups is 1. The Morgan fingerprint density at radius 3 is 2.57 bits per heavy atom. The van der Waals surface area contributed by atoms with Gasteiger partial charge in [-0.1, -0.05) is 60.5 Å². The summed E-state index contributed by atoms with van der Waals surface area (Å²) in [5, 5.41) is 37.4. The molecule has 0 bridgehead atoms. The zero-order valence-corrected chi connectivity index (χ0v) is 31.3. The van der Waals surface area contributed by atoms with Gasteiger partial charge in [0.1, 0.15) is 17.5 Å². The van der Waals surface area contributed by atoms with Gasteiger partial charge in [0, 0.05) is 50.1 Å². The molecule has 0 aromatic heterocycles. The molecule has 7 rings (SSSR count). The smallest absolute Gasteiger partial charge is 0.254 e. The summed E-state index contributed by atoms with van der Waals surface area (Å²) in [6.45, 7) is 5.00. The van der Waals surface area contributed by atoms with E-state index in [1.54, 1.807) is 29.2 Å². The molecule has 2 fully saturated rings. The number of unbranched alkanes of at least 4 members (excludes halogenated alkanes) is 2. The molecule has 3 aromatic carbocycles. The molecule has 288 valence electrons. The van der Waals surface area contributed by atoms with E-state index in [0.29, 0.717) is 42.9 Å². The van der Waals surface area contributed by atoms with Crippen LogP contribution in [0.15, 0.2) is 90.1 Å². The largest absolute Gasteiger partial charge is 0.508 e. The summed E-state index contributed by atoms with van der Waals surface area (Å²) in [5.41, 5.74) is 3.09. The minimum Gasteiger partial charge on any atom is -0.508 e. The Hall–Kier alpha value is -4.22. The number of aromatic hydroxyl groups is 1. The van der Waals surface area contributed by atoms with Crippen LogP contribution in [0, 0.1) is 17.8 Å². The van der Waals surface area contributed by atoms with Crippen LogP contribution < -0.4 is 4.74 Å². The van der Waals surface area contributed by atoms with Crippen LogP contribution in [0.4, 0.5) is 0 Å². The van der Waals surface area contributed by atoms with E-state index >= 15 is 0 Å². The molecule has 2 aliphatic carbocycles. The number of ether oxygens (including phenoxy) is 3. The highest BCUT2D eigenvalue weighted by molar-refractivity contribution is 6.04. The maximum Gasteiger partial charge on any atom is 0.254 e. The fourth-order valence-electron chi connectivity index (χ4n) is 9.32. The van der Waals surface area contributed by atoms with E-state index in [4.69, 9.17) is 24.2 Å². The summed E-state index contributed by atoms with van der Waals surface area (Å²) in [6.07, 6.45) is 11.2. The van der Waals surface area contributed by atoms with Crippen molar-refractivity contribution in [1.29, 1.82) is 0 Å². The molecule has 2 aliphatic heterocycles. The van der Waals surface area contributed by atoms with Crippen LogP contribution in [-0.2, 0) is 14.3 Å². The summed E-state index contributed by atoms with van der Waals surface area (Å²) >= 11 is 0. The molecule has 10 nitrogen and oxygen atoms in total. The number of phenolic OH excluding ortho intramolecular Hbond substituents is 1. The first-order valence-corrected chi connectivity index (χ1v) is 19.7. The number of fused-ring (bicyclic) bond motifs is 3. The quantitative estimate of drug-likeness (QED) is 0.0832. The Labute approximate surface area is 318 Å². The number of carbonyl (C=O) groups is 1. The van der Waals surface area contributed by atoms with Gasteiger partial charge in [-0.25, -0.2) is 0 Å². The van der Waals surface area contributed by atoms with Gasteiger partial charge in [0.25, 0.3) is 5.91 Å². The van der Waals surface area contributed by atoms with E-state index in [2.05, 4.69) is 12.7 Å². The van der Waals surface area contributed by atoms with Gasteiger partial charge in [0.2, 0.25) is 12.1 Å². The van der Waals surface area contributed by atoms with Gasteiger partial charge in [0.05, 0.1) is 24.8 Å². The SMILES string of the molecule is C=CCO[C@@]12Oc3ccc(O)cc3[C@H]3[C@H](CCCCO)[C@@H](CCCCO)C=C(C(=NOC4CCCCO4)C[C@@H]1N(C)C(=O)c1ccc4ccccc4c1)[C@H]32. The first-order chi connectivity index (χ1) is 26.4. The molecule has 7 atom stereocenters. The normalized spacial score (nSPS) is 28.1. The average Bonchev–Trinajstić information content (AvgIpc) is 3.20. The predicted octanol–water partition coefficient (Wildman–Crippen LogP) is 7.48. The van der Waals surface area contributed by atoms with Gasteiger partial charge < -0.3 is 39.3 Å². The van der Waals surface area contributed by atoms with Crippen molar-refractivity contribution in [3.05, 3.63) is 96.1 Å². The minimum absolute atomic E-state index is 0.0734. The number of likely N-dealkylation sites (N-methyl/N-ethyl adjacent to an activating group) is 1. The molecule has 1 unspecified atom stereocenters. The molecule has 3 aromatic rings. The molecule has 1 saturated heterocycles. The number of rotatable bonds is 15. The second-order valence-corrected chi connectivity index (χ2v) is 15.2. The van der Waals surface area contributed by atoms with E-state index in [0.717, 1.165) is 66.9 Å². The van der Waals surface area contributed by atoms with E-state index < -0.39 is 24.0 Å². The molecule has 2 heterocycles. The molecule has 0 spiro atoms. The van der Waals surface area contributed by atoms with Gasteiger partial charge in [-0.2, -0.15) is 0 Å². The lowest BCUT2D eigenvalue weighted by Crippen LogP contribution is -2.69. The van der Waals surface area contributed by atoms with Crippen LogP contribution in [0.5, 0.6) is 11.5 Å². The number of aliphatic hydroxyl groups excluding tert-OH is 2. The number of allylic oxidation sites excluding steroid dienone is 1. The maximum atomic E-state index is 14.7. The topological polar surface area (TPSA) is 130 Å². The molecular formula is C44H54N2O8. The second kappa shape index (κ2) is 17.1. The second-order valence-electron chi connectivity index (χ2n) is 15.2. The first kappa shape index (κ1) is 38.1. The fraction of sp³-hybridized carbons (Fsp3) is 0.500. The van der Waals surface area contributed by atoms with Gasteiger partial charge in [-0.05, 0) is 97.0 Å². The van der Waals surface area contributed by atoms with Gasteiger partial charge in [-0.3, -0.25) is 4.79 Å². The van der Waals surface area contributed by atoms with Crippen LogP contribution in [0.1, 0.15) is 86.0 Å². The fourth-order valence-corrected chi connectivity index (χ4v) is 9.32. The van der Waals surface area contributed by atoms with E-state index in [-0.39, 0.29) is 49.2 Å². The third kappa shape index (κ3) is 7.54. The van der Waals surface area contributed by atoms with Crippen molar-refractivity contribution in [2.24, 2.45) is 22.9 Å². The highest BCUT2D eigenvalue weighted by Crippen LogP contribution is 2.61. The van der Waals surface area contributed by atoms with Crippen molar-refractivity contribution in [1.82, 2.24) is 4.90 Å². The van der Waals surface area contributed by atoms with Crippen LogP contribution in [0.3, 0.4) is 0 Å². The number of nitrogens with zero attached hydrogens (tertiary/aromatic N) is 2. The monoisotopic (exact) mass is 738 g/mol. The summed E-state index contributed by atoms with van der Waals surface area (Å²) in [7, 11) is 1.81. The lowest BCUT2D eigenvalue weighted by atomic mass is 9.55.